The molecule has 3 fully saturated rings. The summed E-state index contributed by atoms with van der Waals surface area (Å²) in [6.07, 6.45) is 9.68. The van der Waals surface area contributed by atoms with Crippen LogP contribution in [0.4, 0.5) is 0 Å². The van der Waals surface area contributed by atoms with Crippen LogP contribution in [-0.4, -0.2) is 15.8 Å². The second-order valence-electron chi connectivity index (χ2n) is 6.64. The average molecular weight is 245 g/mol. The van der Waals surface area contributed by atoms with Crippen molar-refractivity contribution in [1.29, 1.82) is 0 Å². The van der Waals surface area contributed by atoms with Crippen LogP contribution < -0.4 is 5.73 Å². The molecule has 98 valence electrons. The molecule has 5 atom stereocenters. The molecule has 0 saturated heterocycles. The summed E-state index contributed by atoms with van der Waals surface area (Å²) in [6, 6.07) is 0.373. The van der Waals surface area contributed by atoms with E-state index < -0.39 is 0 Å². The van der Waals surface area contributed by atoms with Gasteiger partial charge in [0.2, 0.25) is 0 Å². The Balaban J connectivity index is 1.41. The first-order valence-corrected chi connectivity index (χ1v) is 7.55. The number of rotatable bonds is 4. The van der Waals surface area contributed by atoms with Gasteiger partial charge in [0, 0.05) is 18.8 Å². The van der Waals surface area contributed by atoms with Crippen LogP contribution in [0.1, 0.15) is 31.7 Å². The zero-order chi connectivity index (χ0) is 12.3. The second kappa shape index (κ2) is 3.83. The normalized spacial score (nSPS) is 42.0. The lowest BCUT2D eigenvalue weighted by Crippen LogP contribution is -2.28. The summed E-state index contributed by atoms with van der Waals surface area (Å²) in [4.78, 5) is 0. The van der Waals surface area contributed by atoms with Gasteiger partial charge >= 0.3 is 0 Å². The van der Waals surface area contributed by atoms with Crippen LogP contribution in [0.25, 0.3) is 0 Å². The van der Waals surface area contributed by atoms with Crippen molar-refractivity contribution in [3.63, 3.8) is 0 Å². The van der Waals surface area contributed by atoms with Crippen molar-refractivity contribution >= 4 is 0 Å². The van der Waals surface area contributed by atoms with Crippen molar-refractivity contribution in [3.05, 3.63) is 18.0 Å². The highest BCUT2D eigenvalue weighted by atomic mass is 15.3. The number of hydrogen-bond donors (Lipinski definition) is 1. The van der Waals surface area contributed by atoms with Gasteiger partial charge in [0.15, 0.2) is 0 Å². The molecule has 3 saturated carbocycles. The molecule has 2 bridgehead atoms. The van der Waals surface area contributed by atoms with Crippen LogP contribution in [0.15, 0.2) is 12.4 Å². The lowest BCUT2D eigenvalue weighted by atomic mass is 9.95. The maximum Gasteiger partial charge on any atom is 0.0522 e. The molecule has 3 aliphatic carbocycles. The summed E-state index contributed by atoms with van der Waals surface area (Å²) >= 11 is 0. The Morgan fingerprint density at radius 1 is 1.39 bits per heavy atom. The molecule has 1 aromatic heterocycles. The quantitative estimate of drug-likeness (QED) is 0.882. The van der Waals surface area contributed by atoms with Crippen molar-refractivity contribution < 1.29 is 0 Å². The second-order valence-corrected chi connectivity index (χ2v) is 6.64. The minimum atomic E-state index is 0.373. The number of aryl methyl sites for hydroxylation is 1. The number of hydrogen-bond acceptors (Lipinski definition) is 2. The molecule has 1 aromatic rings. The first-order valence-electron chi connectivity index (χ1n) is 7.55. The number of aromatic nitrogens is 2. The molecule has 3 aliphatic rings. The van der Waals surface area contributed by atoms with Gasteiger partial charge < -0.3 is 5.73 Å². The molecule has 3 nitrogen and oxygen atoms in total. The molecule has 0 aromatic carbocycles. The standard InChI is InChI=1S/C15H23N3/c1-2-18-8-9(7-17-18)5-12(16)15-13-10-3-4-11(6-10)14(13)15/h7-8,10-15H,2-6,16H2,1H3. The van der Waals surface area contributed by atoms with Crippen molar-refractivity contribution in [2.45, 2.75) is 45.2 Å². The van der Waals surface area contributed by atoms with Crippen molar-refractivity contribution in [3.8, 4) is 0 Å². The van der Waals surface area contributed by atoms with Crippen LogP contribution in [0.5, 0.6) is 0 Å². The topological polar surface area (TPSA) is 43.8 Å². The smallest absolute Gasteiger partial charge is 0.0522 e. The lowest BCUT2D eigenvalue weighted by molar-refractivity contribution is 0.409. The summed E-state index contributed by atoms with van der Waals surface area (Å²) in [6.45, 7) is 3.08. The zero-order valence-corrected chi connectivity index (χ0v) is 11.1. The van der Waals surface area contributed by atoms with Crippen molar-refractivity contribution in [2.24, 2.45) is 35.3 Å². The van der Waals surface area contributed by atoms with Gasteiger partial charge in [-0.1, -0.05) is 0 Å². The van der Waals surface area contributed by atoms with E-state index in [2.05, 4.69) is 18.2 Å². The maximum absolute atomic E-state index is 6.47. The fraction of sp³-hybridized carbons (Fsp3) is 0.800. The Bertz CT molecular complexity index is 436. The minimum Gasteiger partial charge on any atom is -0.327 e. The number of fused-ring (bicyclic) bond motifs is 5. The molecular weight excluding hydrogens is 222 g/mol. The van der Waals surface area contributed by atoms with E-state index in [0.717, 1.165) is 42.6 Å². The lowest BCUT2D eigenvalue weighted by Gasteiger charge is -2.15. The molecule has 3 heteroatoms. The van der Waals surface area contributed by atoms with E-state index in [1.807, 2.05) is 10.9 Å². The molecule has 0 amide bonds. The van der Waals surface area contributed by atoms with Gasteiger partial charge in [0.25, 0.3) is 0 Å². The summed E-state index contributed by atoms with van der Waals surface area (Å²) in [5.74, 6) is 4.91. The van der Waals surface area contributed by atoms with Gasteiger partial charge in [-0.25, -0.2) is 0 Å². The average Bonchev–Trinajstić information content (AvgIpc) is 2.73. The molecule has 5 unspecified atom stereocenters. The van der Waals surface area contributed by atoms with E-state index in [1.54, 1.807) is 0 Å². The van der Waals surface area contributed by atoms with E-state index in [-0.39, 0.29) is 0 Å². The maximum atomic E-state index is 6.47. The monoisotopic (exact) mass is 245 g/mol. The first-order chi connectivity index (χ1) is 8.78. The SMILES string of the molecule is CCn1cc(CC(N)C2C3C4CCC(C4)C23)cn1. The third kappa shape index (κ3) is 1.49. The highest BCUT2D eigenvalue weighted by molar-refractivity contribution is 5.17. The predicted molar refractivity (Wildman–Crippen MR) is 70.9 cm³/mol. The van der Waals surface area contributed by atoms with Gasteiger partial charge in [-0.15, -0.1) is 0 Å². The Kier molecular flexibility index (Phi) is 2.35. The third-order valence-corrected chi connectivity index (χ3v) is 5.77. The van der Waals surface area contributed by atoms with Gasteiger partial charge in [0.05, 0.1) is 6.20 Å². The highest BCUT2D eigenvalue weighted by Crippen LogP contribution is 2.70. The predicted octanol–water partition coefficient (Wildman–Crippen LogP) is 2.06. The van der Waals surface area contributed by atoms with Crippen LogP contribution >= 0.6 is 0 Å². The molecular formula is C15H23N3. The van der Waals surface area contributed by atoms with E-state index >= 15 is 0 Å². The Labute approximate surface area is 109 Å². The number of nitrogens with zero attached hydrogens (tertiary/aromatic N) is 2. The largest absolute Gasteiger partial charge is 0.327 e. The van der Waals surface area contributed by atoms with Gasteiger partial charge in [-0.3, -0.25) is 4.68 Å². The highest BCUT2D eigenvalue weighted by Gasteiger charge is 2.65. The van der Waals surface area contributed by atoms with E-state index in [4.69, 9.17) is 5.73 Å². The molecule has 1 heterocycles. The Hall–Kier alpha value is -0.830. The summed E-state index contributed by atoms with van der Waals surface area (Å²) in [5, 5.41) is 4.34. The molecule has 18 heavy (non-hydrogen) atoms. The van der Waals surface area contributed by atoms with Crippen LogP contribution in [0.3, 0.4) is 0 Å². The summed E-state index contributed by atoms with van der Waals surface area (Å²) < 4.78 is 2.00. The molecule has 4 rings (SSSR count). The van der Waals surface area contributed by atoms with Crippen LogP contribution in [-0.2, 0) is 13.0 Å². The molecule has 2 N–H and O–H groups in total. The fourth-order valence-electron chi connectivity index (χ4n) is 5.06. The van der Waals surface area contributed by atoms with Crippen molar-refractivity contribution in [2.75, 3.05) is 0 Å². The van der Waals surface area contributed by atoms with Crippen LogP contribution in [0.2, 0.25) is 0 Å². The van der Waals surface area contributed by atoms with Crippen molar-refractivity contribution in [1.82, 2.24) is 9.78 Å². The minimum absolute atomic E-state index is 0.373. The zero-order valence-electron chi connectivity index (χ0n) is 11.1. The Morgan fingerprint density at radius 3 is 2.72 bits per heavy atom. The van der Waals surface area contributed by atoms with Crippen LogP contribution in [0, 0.1) is 29.6 Å². The van der Waals surface area contributed by atoms with Gasteiger partial charge in [0.1, 0.15) is 0 Å². The van der Waals surface area contributed by atoms with E-state index in [1.165, 1.54) is 24.8 Å². The van der Waals surface area contributed by atoms with Gasteiger partial charge in [-0.2, -0.15) is 5.10 Å². The molecule has 0 radical (unpaired) electrons. The summed E-state index contributed by atoms with van der Waals surface area (Å²) in [5.41, 5.74) is 7.79. The van der Waals surface area contributed by atoms with E-state index in [0.29, 0.717) is 6.04 Å². The Morgan fingerprint density at radius 2 is 2.11 bits per heavy atom. The third-order valence-electron chi connectivity index (χ3n) is 5.77. The summed E-state index contributed by atoms with van der Waals surface area (Å²) in [7, 11) is 0. The fourth-order valence-corrected chi connectivity index (χ4v) is 5.06. The molecule has 0 aliphatic heterocycles. The first kappa shape index (κ1) is 11.0. The van der Waals surface area contributed by atoms with E-state index in [9.17, 15) is 0 Å². The van der Waals surface area contributed by atoms with Gasteiger partial charge in [-0.05, 0) is 67.8 Å². The molecule has 0 spiro atoms. The number of nitrogens with two attached hydrogens (primary N) is 1.